The Kier molecular flexibility index (Phi) is 5.00. The van der Waals surface area contributed by atoms with E-state index in [1.165, 1.54) is 29.5 Å². The number of carbonyl (C=O) groups excluding carboxylic acids is 1. The second kappa shape index (κ2) is 8.01. The van der Waals surface area contributed by atoms with Gasteiger partial charge in [0.25, 0.3) is 0 Å². The lowest BCUT2D eigenvalue weighted by Gasteiger charge is -2.45. The minimum atomic E-state index is 0.0894. The summed E-state index contributed by atoms with van der Waals surface area (Å²) in [5, 5.41) is 4.69. The first kappa shape index (κ1) is 19.9. The molecule has 32 heavy (non-hydrogen) atoms. The largest absolute Gasteiger partial charge is 0.346 e. The summed E-state index contributed by atoms with van der Waals surface area (Å²) in [6.07, 6.45) is 12.8. The molecule has 2 aliphatic heterocycles. The molecule has 1 aliphatic carbocycles. The zero-order valence-corrected chi connectivity index (χ0v) is 18.6. The molecule has 1 saturated carbocycles. The molecule has 3 aliphatic rings. The molecular weight excluding hydrogens is 422 g/mol. The van der Waals surface area contributed by atoms with E-state index in [1.54, 1.807) is 0 Å². The van der Waals surface area contributed by atoms with Crippen LogP contribution in [0.1, 0.15) is 49.7 Å². The highest BCUT2D eigenvalue weighted by Crippen LogP contribution is 2.40. The van der Waals surface area contributed by atoms with Crippen LogP contribution in [-0.2, 0) is 11.3 Å². The summed E-state index contributed by atoms with van der Waals surface area (Å²) in [5.74, 6) is 0.892. The highest BCUT2D eigenvalue weighted by atomic mass is 35.5. The van der Waals surface area contributed by atoms with E-state index in [2.05, 4.69) is 49.4 Å². The third-order valence-corrected chi connectivity index (χ3v) is 7.23. The summed E-state index contributed by atoms with van der Waals surface area (Å²) in [4.78, 5) is 27.1. The zero-order valence-electron chi connectivity index (χ0n) is 17.9. The number of halogens is 1. The molecule has 2 bridgehead atoms. The predicted octanol–water partition coefficient (Wildman–Crippen LogP) is 5.17. The maximum Gasteiger partial charge on any atom is 0.228 e. The number of nitrogens with zero attached hydrogens (tertiary/aromatic N) is 3. The second-order valence-corrected chi connectivity index (χ2v) is 9.66. The summed E-state index contributed by atoms with van der Waals surface area (Å²) in [6, 6.07) is 9.00. The molecule has 5 heterocycles. The first-order chi connectivity index (χ1) is 15.6. The van der Waals surface area contributed by atoms with E-state index < -0.39 is 0 Å². The van der Waals surface area contributed by atoms with E-state index >= 15 is 0 Å². The Morgan fingerprint density at radius 3 is 2.91 bits per heavy atom. The number of hydrogen-bond donors (Lipinski definition) is 2. The fraction of sp³-hybridized carbons (Fsp3) is 0.400. The molecule has 3 aromatic rings. The lowest BCUT2D eigenvalue weighted by molar-refractivity contribution is -0.117. The number of amides is 1. The molecule has 6 nitrogen and oxygen atoms in total. The molecule has 3 aromatic heterocycles. The highest BCUT2D eigenvalue weighted by Gasteiger charge is 2.35. The number of pyridine rings is 2. The Balaban J connectivity index is 1.32. The molecule has 1 saturated heterocycles. The van der Waals surface area contributed by atoms with Crippen molar-refractivity contribution < 1.29 is 4.79 Å². The molecule has 0 spiro atoms. The van der Waals surface area contributed by atoms with Gasteiger partial charge in [-0.1, -0.05) is 30.2 Å². The number of aromatic nitrogens is 3. The Bertz CT molecular complexity index is 1200. The van der Waals surface area contributed by atoms with Gasteiger partial charge in [0, 0.05) is 42.3 Å². The monoisotopic (exact) mass is 447 g/mol. The maximum absolute atomic E-state index is 12.3. The SMILES string of the molecule is O=C(Nc1cc(C2=CC3CCCC(C2)N3Cc2ccc(Cl)nc2)c2cc[nH]c2n1)C1CC1. The second-order valence-electron chi connectivity index (χ2n) is 9.27. The average Bonchev–Trinajstić information content (AvgIpc) is 3.53. The van der Waals surface area contributed by atoms with E-state index in [4.69, 9.17) is 11.6 Å². The van der Waals surface area contributed by atoms with Gasteiger partial charge in [0.15, 0.2) is 0 Å². The Morgan fingerprint density at radius 1 is 1.22 bits per heavy atom. The Labute approximate surface area is 192 Å². The standard InChI is InChI=1S/C25H26ClN5O/c26-22-7-4-15(13-28-22)14-31-18-2-1-3-19(31)11-17(10-18)21-12-23(30-25(32)16-5-6-16)29-24-20(21)8-9-27-24/h4,7-10,12-13,16,18-19H,1-3,5-6,11,14H2,(H2,27,29,30,32). The van der Waals surface area contributed by atoms with Crippen LogP contribution in [0.5, 0.6) is 0 Å². The first-order valence-electron chi connectivity index (χ1n) is 11.5. The minimum Gasteiger partial charge on any atom is -0.346 e. The molecule has 2 atom stereocenters. The molecule has 2 fully saturated rings. The van der Waals surface area contributed by atoms with E-state index in [-0.39, 0.29) is 11.8 Å². The third kappa shape index (κ3) is 3.82. The van der Waals surface area contributed by atoms with Crippen LogP contribution in [-0.4, -0.2) is 37.8 Å². The van der Waals surface area contributed by atoms with Crippen LogP contribution >= 0.6 is 11.6 Å². The molecule has 2 unspecified atom stereocenters. The molecule has 0 aromatic carbocycles. The topological polar surface area (TPSA) is 73.9 Å². The molecule has 7 heteroatoms. The fourth-order valence-electron chi connectivity index (χ4n) is 5.22. The van der Waals surface area contributed by atoms with Crippen molar-refractivity contribution in [3.05, 3.63) is 59.0 Å². The lowest BCUT2D eigenvalue weighted by atomic mass is 9.82. The van der Waals surface area contributed by atoms with Crippen LogP contribution in [0.3, 0.4) is 0 Å². The van der Waals surface area contributed by atoms with Gasteiger partial charge in [0.2, 0.25) is 5.91 Å². The van der Waals surface area contributed by atoms with Gasteiger partial charge in [-0.05, 0) is 67.0 Å². The van der Waals surface area contributed by atoms with Crippen LogP contribution in [0.25, 0.3) is 16.6 Å². The molecule has 164 valence electrons. The number of H-pyrrole nitrogens is 1. The predicted molar refractivity (Wildman–Crippen MR) is 126 cm³/mol. The molecule has 0 radical (unpaired) electrons. The quantitative estimate of drug-likeness (QED) is 0.529. The lowest BCUT2D eigenvalue weighted by Crippen LogP contribution is -2.47. The van der Waals surface area contributed by atoms with Gasteiger partial charge in [-0.25, -0.2) is 9.97 Å². The van der Waals surface area contributed by atoms with Gasteiger partial charge in [-0.15, -0.1) is 0 Å². The van der Waals surface area contributed by atoms with Crippen LogP contribution in [0.4, 0.5) is 5.82 Å². The van der Waals surface area contributed by atoms with Crippen LogP contribution in [0.15, 0.2) is 42.7 Å². The summed E-state index contributed by atoms with van der Waals surface area (Å²) in [5.41, 5.74) is 4.57. The van der Waals surface area contributed by atoms with Crippen molar-refractivity contribution >= 4 is 39.9 Å². The average molecular weight is 448 g/mol. The number of carbonyl (C=O) groups is 1. The van der Waals surface area contributed by atoms with E-state index in [1.807, 2.05) is 18.5 Å². The summed E-state index contributed by atoms with van der Waals surface area (Å²) >= 11 is 5.97. The normalized spacial score (nSPS) is 23.2. The van der Waals surface area contributed by atoms with Crippen LogP contribution in [0, 0.1) is 5.92 Å². The van der Waals surface area contributed by atoms with Crippen molar-refractivity contribution in [2.24, 2.45) is 5.92 Å². The van der Waals surface area contributed by atoms with E-state index in [0.717, 1.165) is 43.3 Å². The number of fused-ring (bicyclic) bond motifs is 3. The van der Waals surface area contributed by atoms with Gasteiger partial charge in [0.1, 0.15) is 16.6 Å². The minimum absolute atomic E-state index is 0.0894. The summed E-state index contributed by atoms with van der Waals surface area (Å²) in [6.45, 7) is 0.891. The number of aromatic amines is 1. The fourth-order valence-corrected chi connectivity index (χ4v) is 5.33. The number of piperidine rings is 1. The van der Waals surface area contributed by atoms with E-state index in [0.29, 0.717) is 23.1 Å². The number of nitrogens with one attached hydrogen (secondary N) is 2. The van der Waals surface area contributed by atoms with E-state index in [9.17, 15) is 4.79 Å². The summed E-state index contributed by atoms with van der Waals surface area (Å²) in [7, 11) is 0. The molecule has 6 rings (SSSR count). The van der Waals surface area contributed by atoms with Crippen molar-refractivity contribution in [1.82, 2.24) is 19.9 Å². The third-order valence-electron chi connectivity index (χ3n) is 7.01. The molecule has 1 amide bonds. The van der Waals surface area contributed by atoms with Gasteiger partial charge >= 0.3 is 0 Å². The van der Waals surface area contributed by atoms with Crippen LogP contribution in [0.2, 0.25) is 5.15 Å². The zero-order chi connectivity index (χ0) is 21.7. The molecular formula is C25H26ClN5O. The van der Waals surface area contributed by atoms with Crippen molar-refractivity contribution in [3.8, 4) is 0 Å². The Hall–Kier alpha value is -2.70. The van der Waals surface area contributed by atoms with Crippen LogP contribution < -0.4 is 5.32 Å². The van der Waals surface area contributed by atoms with Gasteiger partial charge in [-0.2, -0.15) is 0 Å². The van der Waals surface area contributed by atoms with Gasteiger partial charge in [-0.3, -0.25) is 9.69 Å². The van der Waals surface area contributed by atoms with Crippen molar-refractivity contribution in [1.29, 1.82) is 0 Å². The first-order valence-corrected chi connectivity index (χ1v) is 11.9. The number of rotatable bonds is 5. The van der Waals surface area contributed by atoms with Gasteiger partial charge in [0.05, 0.1) is 0 Å². The Morgan fingerprint density at radius 2 is 2.12 bits per heavy atom. The smallest absolute Gasteiger partial charge is 0.228 e. The highest BCUT2D eigenvalue weighted by molar-refractivity contribution is 6.29. The van der Waals surface area contributed by atoms with Crippen molar-refractivity contribution in [2.45, 2.75) is 57.2 Å². The molecule has 2 N–H and O–H groups in total. The maximum atomic E-state index is 12.3. The van der Waals surface area contributed by atoms with Crippen molar-refractivity contribution in [2.75, 3.05) is 5.32 Å². The number of anilines is 1. The summed E-state index contributed by atoms with van der Waals surface area (Å²) < 4.78 is 0. The van der Waals surface area contributed by atoms with Gasteiger partial charge < -0.3 is 10.3 Å². The van der Waals surface area contributed by atoms with Crippen molar-refractivity contribution in [3.63, 3.8) is 0 Å². The number of hydrogen-bond acceptors (Lipinski definition) is 4.